The maximum absolute atomic E-state index is 13.0. The third-order valence-corrected chi connectivity index (χ3v) is 8.50. The topological polar surface area (TPSA) is 155 Å². The van der Waals surface area contributed by atoms with E-state index in [0.29, 0.717) is 22.2 Å². The van der Waals surface area contributed by atoms with Crippen molar-refractivity contribution in [1.29, 1.82) is 0 Å². The molecule has 1 saturated heterocycles. The zero-order chi connectivity index (χ0) is 30.1. The number of aliphatic hydroxyl groups is 1. The van der Waals surface area contributed by atoms with Gasteiger partial charge in [-0.2, -0.15) is 0 Å². The number of tetrazole rings is 1. The predicted octanol–water partition coefficient (Wildman–Crippen LogP) is 3.85. The number of nitrogens with one attached hydrogen (secondary N) is 1. The number of esters is 2. The maximum atomic E-state index is 13.0. The number of aliphatic hydroxyl groups excluding tert-OH is 1. The first-order valence-corrected chi connectivity index (χ1v) is 14.5. The molecular weight excluding hydrogens is 574 g/mol. The zero-order valence-electron chi connectivity index (χ0n) is 23.2. The van der Waals surface area contributed by atoms with Crippen LogP contribution in [-0.2, 0) is 27.9 Å². The van der Waals surface area contributed by atoms with Gasteiger partial charge in [-0.05, 0) is 51.9 Å². The van der Waals surface area contributed by atoms with Gasteiger partial charge >= 0.3 is 11.9 Å². The van der Waals surface area contributed by atoms with Crippen LogP contribution in [0.2, 0.25) is 0 Å². The Bertz CT molecular complexity index is 1690. The van der Waals surface area contributed by atoms with Crippen LogP contribution in [0.5, 0.6) is 0 Å². The van der Waals surface area contributed by atoms with Crippen LogP contribution < -0.4 is 5.32 Å². The summed E-state index contributed by atoms with van der Waals surface area (Å²) in [5, 5.41) is 24.7. The molecule has 2 aliphatic heterocycles. The number of hydrogen-bond acceptors (Lipinski definition) is 11. The number of aromatic nitrogens is 4. The molecule has 1 fully saturated rings. The number of aryl methyl sites for hydroxylation is 1. The van der Waals surface area contributed by atoms with E-state index in [1.165, 1.54) is 30.0 Å². The quantitative estimate of drug-likeness (QED) is 0.172. The first kappa shape index (κ1) is 28.7. The number of benzene rings is 3. The number of cyclic esters (lactones) is 2. The second kappa shape index (κ2) is 12.1. The Morgan fingerprint density at radius 2 is 1.79 bits per heavy atom. The molecule has 0 spiro atoms. The minimum atomic E-state index is -0.777. The number of ether oxygens (including phenoxy) is 3. The van der Waals surface area contributed by atoms with Crippen molar-refractivity contribution >= 4 is 35.3 Å². The molecule has 1 aromatic heterocycles. The van der Waals surface area contributed by atoms with Crippen LogP contribution in [0.15, 0.2) is 71.9 Å². The molecule has 6 rings (SSSR count). The standard InChI is InChI=1S/C30H27N5O7S/c1-16-24(15-43-30-32-33-34-35(30)2)40-29(41-25(16)18-8-6-17(14-36)7-9-18)20-4-3-5-21(12-20)31-26(37)19-10-11-22-23(13-19)28(39)42-27(22)38/h3-13,16,24-25,29,36H,14-15H2,1-2H3,(H,31,37)/t16-,24+,25+,29?/m0/s1. The molecule has 0 bridgehead atoms. The second-order valence-electron chi connectivity index (χ2n) is 10.2. The minimum absolute atomic E-state index is 0.0359. The highest BCUT2D eigenvalue weighted by atomic mass is 32.2. The van der Waals surface area contributed by atoms with Crippen molar-refractivity contribution in [3.8, 4) is 0 Å². The van der Waals surface area contributed by atoms with Gasteiger partial charge in [0.15, 0.2) is 6.29 Å². The molecule has 4 atom stereocenters. The molecule has 0 saturated carbocycles. The van der Waals surface area contributed by atoms with E-state index in [2.05, 4.69) is 32.5 Å². The zero-order valence-corrected chi connectivity index (χ0v) is 24.0. The largest absolute Gasteiger partial charge is 0.392 e. The van der Waals surface area contributed by atoms with Crippen LogP contribution in [0.25, 0.3) is 0 Å². The van der Waals surface area contributed by atoms with Crippen molar-refractivity contribution < 1.29 is 33.7 Å². The van der Waals surface area contributed by atoms with Gasteiger partial charge in [-0.3, -0.25) is 4.79 Å². The second-order valence-corrected chi connectivity index (χ2v) is 11.2. The highest BCUT2D eigenvalue weighted by Gasteiger charge is 2.39. The van der Waals surface area contributed by atoms with Gasteiger partial charge in [0.2, 0.25) is 5.16 Å². The fraction of sp³-hybridized carbons (Fsp3) is 0.267. The molecule has 3 heterocycles. The Balaban J connectivity index is 1.23. The van der Waals surface area contributed by atoms with Gasteiger partial charge in [0.1, 0.15) is 0 Å². The van der Waals surface area contributed by atoms with Crippen molar-refractivity contribution in [3.05, 3.63) is 100 Å². The smallest absolute Gasteiger partial charge is 0.346 e. The lowest BCUT2D eigenvalue weighted by Gasteiger charge is -2.41. The summed E-state index contributed by atoms with van der Waals surface area (Å²) in [7, 11) is 1.78. The summed E-state index contributed by atoms with van der Waals surface area (Å²) in [5.74, 6) is -1.43. The van der Waals surface area contributed by atoms with Gasteiger partial charge < -0.3 is 24.6 Å². The Hall–Kier alpha value is -4.43. The van der Waals surface area contributed by atoms with Crippen molar-refractivity contribution in [2.75, 3.05) is 11.1 Å². The molecule has 12 nitrogen and oxygen atoms in total. The number of fused-ring (bicyclic) bond motifs is 1. The molecule has 2 aliphatic rings. The van der Waals surface area contributed by atoms with E-state index >= 15 is 0 Å². The highest BCUT2D eigenvalue weighted by molar-refractivity contribution is 7.99. The van der Waals surface area contributed by atoms with Gasteiger partial charge in [-0.1, -0.05) is 55.1 Å². The van der Waals surface area contributed by atoms with E-state index in [9.17, 15) is 19.5 Å². The lowest BCUT2D eigenvalue weighted by Crippen LogP contribution is -2.38. The molecule has 220 valence electrons. The molecule has 4 aromatic rings. The number of nitrogens with zero attached hydrogens (tertiary/aromatic N) is 4. The van der Waals surface area contributed by atoms with E-state index in [0.717, 1.165) is 11.1 Å². The maximum Gasteiger partial charge on any atom is 0.346 e. The first-order valence-electron chi connectivity index (χ1n) is 13.5. The van der Waals surface area contributed by atoms with Crippen molar-refractivity contribution in [2.45, 2.75) is 37.2 Å². The molecule has 2 N–H and O–H groups in total. The summed E-state index contributed by atoms with van der Waals surface area (Å²) in [5.41, 5.74) is 3.34. The normalized spacial score (nSPS) is 21.4. The van der Waals surface area contributed by atoms with E-state index in [1.54, 1.807) is 29.9 Å². The Morgan fingerprint density at radius 1 is 1.00 bits per heavy atom. The summed E-state index contributed by atoms with van der Waals surface area (Å²) in [6.45, 7) is 2.02. The number of amides is 1. The predicted molar refractivity (Wildman–Crippen MR) is 153 cm³/mol. The summed E-state index contributed by atoms with van der Waals surface area (Å²) >= 11 is 1.48. The van der Waals surface area contributed by atoms with Crippen molar-refractivity contribution in [2.24, 2.45) is 13.0 Å². The molecular formula is C30H27N5O7S. The average Bonchev–Trinajstić information content (AvgIpc) is 3.57. The molecule has 13 heteroatoms. The Labute approximate surface area is 250 Å². The van der Waals surface area contributed by atoms with Crippen molar-refractivity contribution in [3.63, 3.8) is 0 Å². The number of rotatable bonds is 8. The van der Waals surface area contributed by atoms with Crippen LogP contribution in [0, 0.1) is 5.92 Å². The van der Waals surface area contributed by atoms with E-state index in [4.69, 9.17) is 9.47 Å². The minimum Gasteiger partial charge on any atom is -0.392 e. The molecule has 0 radical (unpaired) electrons. The lowest BCUT2D eigenvalue weighted by molar-refractivity contribution is -0.268. The Morgan fingerprint density at radius 3 is 2.53 bits per heavy atom. The van der Waals surface area contributed by atoms with Crippen molar-refractivity contribution in [1.82, 2.24) is 20.2 Å². The van der Waals surface area contributed by atoms with Crippen LogP contribution in [0.1, 0.15) is 67.1 Å². The van der Waals surface area contributed by atoms with Gasteiger partial charge in [-0.25, -0.2) is 14.3 Å². The molecule has 1 amide bonds. The molecule has 43 heavy (non-hydrogen) atoms. The monoisotopic (exact) mass is 601 g/mol. The number of carbonyl (C=O) groups is 3. The van der Waals surface area contributed by atoms with E-state index < -0.39 is 24.1 Å². The number of carbonyl (C=O) groups excluding carboxylic acids is 3. The molecule has 3 aromatic carbocycles. The summed E-state index contributed by atoms with van der Waals surface area (Å²) in [6, 6.07) is 19.0. The van der Waals surface area contributed by atoms with Gasteiger partial charge in [0.05, 0.1) is 29.9 Å². The molecule has 1 unspecified atom stereocenters. The van der Waals surface area contributed by atoms with Crippen LogP contribution in [0.4, 0.5) is 5.69 Å². The number of anilines is 1. The van der Waals surface area contributed by atoms with Gasteiger partial charge in [0, 0.05) is 35.5 Å². The third kappa shape index (κ3) is 5.92. The number of hydrogen-bond donors (Lipinski definition) is 2. The average molecular weight is 602 g/mol. The number of thioether (sulfide) groups is 1. The Kier molecular flexibility index (Phi) is 8.04. The van der Waals surface area contributed by atoms with E-state index in [-0.39, 0.29) is 41.4 Å². The lowest BCUT2D eigenvalue weighted by atomic mass is 9.91. The first-order chi connectivity index (χ1) is 20.8. The SMILES string of the molecule is C[C@H]1[C@@H](CSc2nnnn2C)OC(c2cccc(NC(=O)c3ccc4c(c3)C(=O)OC4=O)c2)O[C@H]1c1ccc(CO)cc1. The fourth-order valence-electron chi connectivity index (χ4n) is 5.00. The van der Waals surface area contributed by atoms with Gasteiger partial charge in [-0.15, -0.1) is 5.10 Å². The van der Waals surface area contributed by atoms with Gasteiger partial charge in [0.25, 0.3) is 5.91 Å². The van der Waals surface area contributed by atoms with Crippen LogP contribution in [-0.4, -0.2) is 55.0 Å². The van der Waals surface area contributed by atoms with Crippen LogP contribution in [0.3, 0.4) is 0 Å². The summed E-state index contributed by atoms with van der Waals surface area (Å²) < 4.78 is 19.2. The van der Waals surface area contributed by atoms with E-state index in [1.807, 2.05) is 30.3 Å². The fourth-order valence-corrected chi connectivity index (χ4v) is 6.02. The third-order valence-electron chi connectivity index (χ3n) is 7.41. The van der Waals surface area contributed by atoms with Crippen LogP contribution >= 0.6 is 11.8 Å². The summed E-state index contributed by atoms with van der Waals surface area (Å²) in [4.78, 5) is 36.7. The highest BCUT2D eigenvalue weighted by Crippen LogP contribution is 2.43. The summed E-state index contributed by atoms with van der Waals surface area (Å²) in [6.07, 6.45) is -1.31. The molecule has 0 aliphatic carbocycles.